The summed E-state index contributed by atoms with van der Waals surface area (Å²) in [4.78, 5) is 22.2. The van der Waals surface area contributed by atoms with Gasteiger partial charge in [0.2, 0.25) is 15.8 Å². The van der Waals surface area contributed by atoms with Crippen molar-refractivity contribution in [3.63, 3.8) is 0 Å². The molecular weight excluding hydrogens is 380 g/mol. The molecule has 1 fully saturated rings. The van der Waals surface area contributed by atoms with Gasteiger partial charge in [-0.25, -0.2) is 13.4 Å². The molecule has 0 amide bonds. The van der Waals surface area contributed by atoms with Gasteiger partial charge in [-0.3, -0.25) is 4.79 Å². The second-order valence-electron chi connectivity index (χ2n) is 6.75. The summed E-state index contributed by atoms with van der Waals surface area (Å²) in [6.07, 6.45) is 2.52. The number of hydrogen-bond donors (Lipinski definition) is 1. The molecule has 1 aliphatic heterocycles. The largest absolute Gasteiger partial charge is 0.466 e. The number of carbonyl (C=O) groups excluding carboxylic acids is 1. The van der Waals surface area contributed by atoms with Crippen LogP contribution in [0.2, 0.25) is 0 Å². The van der Waals surface area contributed by atoms with E-state index in [1.165, 1.54) is 12.3 Å². The Bertz CT molecular complexity index is 970. The zero-order valence-corrected chi connectivity index (χ0v) is 16.8. The predicted octanol–water partition coefficient (Wildman–Crippen LogP) is 1.98. The topological polar surface area (TPSA) is 115 Å². The van der Waals surface area contributed by atoms with Crippen LogP contribution in [0.1, 0.15) is 25.3 Å². The molecule has 0 bridgehead atoms. The average molecular weight is 404 g/mol. The normalized spacial score (nSPS) is 15.4. The van der Waals surface area contributed by atoms with Gasteiger partial charge in [0, 0.05) is 13.1 Å². The van der Waals surface area contributed by atoms with E-state index in [1.54, 1.807) is 19.1 Å². The molecule has 2 aromatic rings. The smallest absolute Gasteiger partial charge is 0.309 e. The van der Waals surface area contributed by atoms with Gasteiger partial charge in [0.25, 0.3) is 0 Å². The van der Waals surface area contributed by atoms with Crippen LogP contribution >= 0.6 is 0 Å². The minimum Gasteiger partial charge on any atom is -0.466 e. The molecule has 28 heavy (non-hydrogen) atoms. The van der Waals surface area contributed by atoms with Crippen molar-refractivity contribution in [2.45, 2.75) is 36.5 Å². The number of aromatic nitrogens is 2. The van der Waals surface area contributed by atoms with Gasteiger partial charge in [-0.2, -0.15) is 4.98 Å². The van der Waals surface area contributed by atoms with Gasteiger partial charge in [0.05, 0.1) is 23.6 Å². The maximum Gasteiger partial charge on any atom is 0.309 e. The first-order chi connectivity index (χ1) is 13.3. The third-order valence-corrected chi connectivity index (χ3v) is 6.53. The van der Waals surface area contributed by atoms with Crippen molar-refractivity contribution in [3.05, 3.63) is 36.0 Å². The van der Waals surface area contributed by atoms with E-state index in [0.717, 1.165) is 5.56 Å². The number of sulfone groups is 1. The highest BCUT2D eigenvalue weighted by Crippen LogP contribution is 2.27. The van der Waals surface area contributed by atoms with Gasteiger partial charge in [0.15, 0.2) is 0 Å². The van der Waals surface area contributed by atoms with Crippen molar-refractivity contribution >= 4 is 27.6 Å². The molecule has 0 unspecified atom stereocenters. The van der Waals surface area contributed by atoms with Crippen LogP contribution < -0.4 is 10.6 Å². The Hall–Kier alpha value is -2.68. The highest BCUT2D eigenvalue weighted by molar-refractivity contribution is 7.91. The lowest BCUT2D eigenvalue weighted by Gasteiger charge is -2.30. The Labute approximate surface area is 164 Å². The number of ether oxygens (including phenoxy) is 1. The number of nitrogen functional groups attached to an aromatic ring is 1. The van der Waals surface area contributed by atoms with Gasteiger partial charge in [-0.05, 0) is 44.4 Å². The summed E-state index contributed by atoms with van der Waals surface area (Å²) in [5.74, 6) is -0.0290. The molecular formula is C19H24N4O4S. The summed E-state index contributed by atoms with van der Waals surface area (Å²) in [7, 11) is -3.80. The van der Waals surface area contributed by atoms with E-state index in [1.807, 2.05) is 17.9 Å². The number of nitrogens with zero attached hydrogens (tertiary/aromatic N) is 3. The zero-order valence-electron chi connectivity index (χ0n) is 16.0. The summed E-state index contributed by atoms with van der Waals surface area (Å²) in [5, 5.41) is 0. The highest BCUT2D eigenvalue weighted by atomic mass is 32.2. The number of benzene rings is 1. The molecule has 1 saturated heterocycles. The van der Waals surface area contributed by atoms with E-state index >= 15 is 0 Å². The Morgan fingerprint density at radius 2 is 2.04 bits per heavy atom. The summed E-state index contributed by atoms with van der Waals surface area (Å²) < 4.78 is 30.8. The second kappa shape index (κ2) is 8.14. The lowest BCUT2D eigenvalue weighted by molar-refractivity contribution is -0.148. The predicted molar refractivity (Wildman–Crippen MR) is 105 cm³/mol. The van der Waals surface area contributed by atoms with Gasteiger partial charge in [0.1, 0.15) is 10.7 Å². The van der Waals surface area contributed by atoms with Crippen LogP contribution in [0.4, 0.5) is 11.8 Å². The van der Waals surface area contributed by atoms with E-state index in [9.17, 15) is 13.2 Å². The Morgan fingerprint density at radius 1 is 1.32 bits per heavy atom. The van der Waals surface area contributed by atoms with Crippen LogP contribution in [0.15, 0.2) is 40.3 Å². The fourth-order valence-corrected chi connectivity index (χ4v) is 4.58. The fourth-order valence-electron chi connectivity index (χ4n) is 3.22. The molecule has 0 radical (unpaired) electrons. The van der Waals surface area contributed by atoms with E-state index in [-0.39, 0.29) is 27.5 Å². The molecule has 1 aromatic heterocycles. The van der Waals surface area contributed by atoms with E-state index < -0.39 is 9.84 Å². The molecule has 8 nitrogen and oxygen atoms in total. The third-order valence-electron chi connectivity index (χ3n) is 4.76. The number of esters is 1. The lowest BCUT2D eigenvalue weighted by atomic mass is 9.97. The van der Waals surface area contributed by atoms with Crippen molar-refractivity contribution in [1.82, 2.24) is 9.97 Å². The van der Waals surface area contributed by atoms with Crippen molar-refractivity contribution in [3.8, 4) is 0 Å². The van der Waals surface area contributed by atoms with Crippen molar-refractivity contribution < 1.29 is 17.9 Å². The van der Waals surface area contributed by atoms with E-state index in [2.05, 4.69) is 9.97 Å². The molecule has 1 aliphatic rings. The van der Waals surface area contributed by atoms with Crippen LogP contribution in [-0.2, 0) is 19.4 Å². The van der Waals surface area contributed by atoms with Crippen LogP contribution in [0, 0.1) is 12.8 Å². The quantitative estimate of drug-likeness (QED) is 0.752. The van der Waals surface area contributed by atoms with Crippen LogP contribution in [-0.4, -0.2) is 44.1 Å². The van der Waals surface area contributed by atoms with E-state index in [4.69, 9.17) is 10.5 Å². The summed E-state index contributed by atoms with van der Waals surface area (Å²) in [6.45, 7) is 5.13. The maximum absolute atomic E-state index is 12.8. The zero-order chi connectivity index (χ0) is 20.3. The number of carbonyl (C=O) groups is 1. The van der Waals surface area contributed by atoms with Crippen LogP contribution in [0.5, 0.6) is 0 Å². The van der Waals surface area contributed by atoms with Gasteiger partial charge >= 0.3 is 5.97 Å². The molecule has 0 saturated carbocycles. The minimum absolute atomic E-state index is 0.0842. The number of rotatable bonds is 5. The molecule has 150 valence electrons. The Kier molecular flexibility index (Phi) is 5.83. The Balaban J connectivity index is 1.77. The average Bonchev–Trinajstić information content (AvgIpc) is 2.68. The van der Waals surface area contributed by atoms with E-state index in [0.29, 0.717) is 38.5 Å². The fraction of sp³-hybridized carbons (Fsp3) is 0.421. The molecule has 9 heteroatoms. The van der Waals surface area contributed by atoms with Crippen LogP contribution in [0.3, 0.4) is 0 Å². The first-order valence-electron chi connectivity index (χ1n) is 9.18. The number of aryl methyl sites for hydroxylation is 1. The first kappa shape index (κ1) is 20.1. The van der Waals surface area contributed by atoms with Gasteiger partial charge < -0.3 is 15.4 Å². The molecule has 2 N–H and O–H groups in total. The first-order valence-corrected chi connectivity index (χ1v) is 10.7. The maximum atomic E-state index is 12.8. The van der Waals surface area contributed by atoms with Crippen molar-refractivity contribution in [2.75, 3.05) is 30.3 Å². The summed E-state index contributed by atoms with van der Waals surface area (Å²) in [6, 6.07) is 6.61. The SMILES string of the molecule is CCOC(=O)C1CCN(c2ncc(S(=O)(=O)c3cccc(C)c3)c(N)n2)CC1. The standard InChI is InChI=1S/C19H24N4O4S/c1-3-27-18(24)14-7-9-23(10-8-14)19-21-12-16(17(20)22-19)28(25,26)15-6-4-5-13(2)11-15/h4-6,11-12,14H,3,7-10H2,1-2H3,(H2,20,21,22). The monoisotopic (exact) mass is 404 g/mol. The molecule has 0 spiro atoms. The van der Waals surface area contributed by atoms with Crippen molar-refractivity contribution in [1.29, 1.82) is 0 Å². The second-order valence-corrected chi connectivity index (χ2v) is 8.67. The number of nitrogens with two attached hydrogens (primary N) is 1. The van der Waals surface area contributed by atoms with Crippen LogP contribution in [0.25, 0.3) is 0 Å². The molecule has 2 heterocycles. The van der Waals surface area contributed by atoms with Crippen molar-refractivity contribution in [2.24, 2.45) is 5.92 Å². The lowest BCUT2D eigenvalue weighted by Crippen LogP contribution is -2.38. The molecule has 1 aromatic carbocycles. The molecule has 0 atom stereocenters. The number of hydrogen-bond acceptors (Lipinski definition) is 8. The summed E-state index contributed by atoms with van der Waals surface area (Å²) >= 11 is 0. The minimum atomic E-state index is -3.80. The molecule has 3 rings (SSSR count). The third kappa shape index (κ3) is 4.09. The summed E-state index contributed by atoms with van der Waals surface area (Å²) in [5.41, 5.74) is 6.81. The van der Waals surface area contributed by atoms with Gasteiger partial charge in [-0.1, -0.05) is 12.1 Å². The number of piperidine rings is 1. The van der Waals surface area contributed by atoms with Gasteiger partial charge in [-0.15, -0.1) is 0 Å². The highest BCUT2D eigenvalue weighted by Gasteiger charge is 2.28. The molecule has 0 aliphatic carbocycles. The Morgan fingerprint density at radius 3 is 2.64 bits per heavy atom. The number of anilines is 2.